The first kappa shape index (κ1) is 11.2. The maximum Gasteiger partial charge on any atom is 0.295 e. The standard InChI is InChI=1S/C12H13N3O2/c1-17-10-11(14-8-15-12(10)16)13-7-9-5-3-2-4-6-9/h2-6,8H,7H2,1H3,(H2,13,14,15,16). The van der Waals surface area contributed by atoms with Crippen molar-refractivity contribution < 1.29 is 4.74 Å². The summed E-state index contributed by atoms with van der Waals surface area (Å²) in [6.07, 6.45) is 1.35. The van der Waals surface area contributed by atoms with Gasteiger partial charge in [-0.05, 0) is 5.56 Å². The molecule has 0 atom stereocenters. The second kappa shape index (κ2) is 5.16. The third-order valence-corrected chi connectivity index (χ3v) is 2.32. The molecule has 88 valence electrons. The Balaban J connectivity index is 2.14. The second-order valence-electron chi connectivity index (χ2n) is 3.45. The maximum absolute atomic E-state index is 11.4. The van der Waals surface area contributed by atoms with Crippen LogP contribution in [0.15, 0.2) is 41.5 Å². The fraction of sp³-hybridized carbons (Fsp3) is 0.167. The Kier molecular flexibility index (Phi) is 3.40. The van der Waals surface area contributed by atoms with E-state index < -0.39 is 0 Å². The molecule has 0 fully saturated rings. The highest BCUT2D eigenvalue weighted by molar-refractivity contribution is 5.48. The first-order chi connectivity index (χ1) is 8.31. The minimum atomic E-state index is -0.293. The molecule has 0 saturated carbocycles. The van der Waals surface area contributed by atoms with Crippen LogP contribution >= 0.6 is 0 Å². The average Bonchev–Trinajstić information content (AvgIpc) is 2.37. The van der Waals surface area contributed by atoms with Crippen molar-refractivity contribution in [1.82, 2.24) is 9.97 Å². The van der Waals surface area contributed by atoms with Gasteiger partial charge in [0.25, 0.3) is 5.56 Å². The average molecular weight is 231 g/mol. The van der Waals surface area contributed by atoms with Gasteiger partial charge >= 0.3 is 0 Å². The van der Waals surface area contributed by atoms with Crippen molar-refractivity contribution in [3.8, 4) is 5.75 Å². The summed E-state index contributed by atoms with van der Waals surface area (Å²) in [4.78, 5) is 17.9. The number of anilines is 1. The third kappa shape index (κ3) is 2.63. The van der Waals surface area contributed by atoms with E-state index in [1.165, 1.54) is 13.4 Å². The molecule has 0 bridgehead atoms. The second-order valence-corrected chi connectivity index (χ2v) is 3.45. The molecule has 1 heterocycles. The van der Waals surface area contributed by atoms with Crippen LogP contribution in [0.3, 0.4) is 0 Å². The van der Waals surface area contributed by atoms with Gasteiger partial charge in [-0.15, -0.1) is 0 Å². The smallest absolute Gasteiger partial charge is 0.295 e. The zero-order chi connectivity index (χ0) is 12.1. The number of rotatable bonds is 4. The summed E-state index contributed by atoms with van der Waals surface area (Å²) in [5.74, 6) is 0.642. The van der Waals surface area contributed by atoms with Gasteiger partial charge in [-0.25, -0.2) is 4.98 Å². The van der Waals surface area contributed by atoms with Crippen LogP contribution in [0.1, 0.15) is 5.56 Å². The molecule has 5 heteroatoms. The Morgan fingerprint density at radius 1 is 1.35 bits per heavy atom. The van der Waals surface area contributed by atoms with Crippen molar-refractivity contribution in [3.63, 3.8) is 0 Å². The van der Waals surface area contributed by atoms with Crippen LogP contribution in [0.5, 0.6) is 5.75 Å². The van der Waals surface area contributed by atoms with Crippen LogP contribution in [0.4, 0.5) is 5.82 Å². The summed E-state index contributed by atoms with van der Waals surface area (Å²) in [7, 11) is 1.44. The minimum absolute atomic E-state index is 0.198. The van der Waals surface area contributed by atoms with Gasteiger partial charge in [0.2, 0.25) is 5.75 Å². The van der Waals surface area contributed by atoms with E-state index in [2.05, 4.69) is 15.3 Å². The zero-order valence-corrected chi connectivity index (χ0v) is 9.43. The topological polar surface area (TPSA) is 67.0 Å². The van der Waals surface area contributed by atoms with Gasteiger partial charge in [0.15, 0.2) is 5.82 Å². The summed E-state index contributed by atoms with van der Waals surface area (Å²) < 4.78 is 5.00. The molecule has 0 spiro atoms. The van der Waals surface area contributed by atoms with Crippen molar-refractivity contribution >= 4 is 5.82 Å². The van der Waals surface area contributed by atoms with Gasteiger partial charge in [0.1, 0.15) is 0 Å². The zero-order valence-electron chi connectivity index (χ0n) is 9.43. The summed E-state index contributed by atoms with van der Waals surface area (Å²) in [5.41, 5.74) is 0.815. The monoisotopic (exact) mass is 231 g/mol. The molecule has 0 amide bonds. The molecule has 2 aromatic rings. The van der Waals surface area contributed by atoms with Gasteiger partial charge < -0.3 is 15.0 Å². The van der Waals surface area contributed by atoms with E-state index in [-0.39, 0.29) is 11.3 Å². The molecule has 5 nitrogen and oxygen atoms in total. The summed E-state index contributed by atoms with van der Waals surface area (Å²) in [6.45, 7) is 0.591. The van der Waals surface area contributed by atoms with E-state index in [4.69, 9.17) is 4.74 Å². The highest BCUT2D eigenvalue weighted by Crippen LogP contribution is 2.15. The quantitative estimate of drug-likeness (QED) is 0.834. The number of H-pyrrole nitrogens is 1. The minimum Gasteiger partial charge on any atom is -0.489 e. The molecule has 0 aliphatic rings. The van der Waals surface area contributed by atoms with E-state index >= 15 is 0 Å². The van der Waals surface area contributed by atoms with Gasteiger partial charge in [-0.3, -0.25) is 4.79 Å². The third-order valence-electron chi connectivity index (χ3n) is 2.32. The molecular formula is C12H13N3O2. The normalized spacial score (nSPS) is 9.94. The predicted octanol–water partition coefficient (Wildman–Crippen LogP) is 1.39. The number of hydrogen-bond acceptors (Lipinski definition) is 4. The Bertz CT molecular complexity index is 537. The Hall–Kier alpha value is -2.30. The SMILES string of the molecule is COc1c(NCc2ccccc2)nc[nH]c1=O. The summed E-state index contributed by atoms with van der Waals surface area (Å²) in [5, 5.41) is 3.07. The lowest BCUT2D eigenvalue weighted by molar-refractivity contribution is 0.408. The first-order valence-electron chi connectivity index (χ1n) is 5.20. The molecule has 2 N–H and O–H groups in total. The van der Waals surface area contributed by atoms with Gasteiger partial charge in [-0.1, -0.05) is 30.3 Å². The van der Waals surface area contributed by atoms with Crippen LogP contribution < -0.4 is 15.6 Å². The van der Waals surface area contributed by atoms with Gasteiger partial charge in [0, 0.05) is 6.54 Å². The van der Waals surface area contributed by atoms with Crippen molar-refractivity contribution in [3.05, 3.63) is 52.6 Å². The van der Waals surface area contributed by atoms with E-state index in [1.807, 2.05) is 30.3 Å². The van der Waals surface area contributed by atoms with E-state index in [0.29, 0.717) is 12.4 Å². The molecule has 0 aliphatic carbocycles. The van der Waals surface area contributed by atoms with Gasteiger partial charge in [0.05, 0.1) is 13.4 Å². The van der Waals surface area contributed by atoms with Crippen LogP contribution in [0.2, 0.25) is 0 Å². The molecule has 0 radical (unpaired) electrons. The van der Waals surface area contributed by atoms with Crippen molar-refractivity contribution in [2.75, 3.05) is 12.4 Å². The van der Waals surface area contributed by atoms with E-state index in [9.17, 15) is 4.79 Å². The molecule has 1 aromatic heterocycles. The number of methoxy groups -OCH3 is 1. The number of hydrogen-bond donors (Lipinski definition) is 2. The predicted molar refractivity (Wildman–Crippen MR) is 65.2 cm³/mol. The number of nitrogens with zero attached hydrogens (tertiary/aromatic N) is 1. The molecule has 0 saturated heterocycles. The Morgan fingerprint density at radius 2 is 2.12 bits per heavy atom. The highest BCUT2D eigenvalue weighted by atomic mass is 16.5. The Morgan fingerprint density at radius 3 is 2.82 bits per heavy atom. The summed E-state index contributed by atoms with van der Waals surface area (Å²) in [6, 6.07) is 9.85. The lowest BCUT2D eigenvalue weighted by atomic mass is 10.2. The van der Waals surface area contributed by atoms with Crippen molar-refractivity contribution in [2.45, 2.75) is 6.54 Å². The Labute approximate surface area is 98.5 Å². The van der Waals surface area contributed by atoms with Crippen molar-refractivity contribution in [2.24, 2.45) is 0 Å². The first-order valence-corrected chi connectivity index (χ1v) is 5.20. The summed E-state index contributed by atoms with van der Waals surface area (Å²) >= 11 is 0. The van der Waals surface area contributed by atoms with Crippen LogP contribution in [-0.4, -0.2) is 17.1 Å². The lowest BCUT2D eigenvalue weighted by Gasteiger charge is -2.08. The molecular weight excluding hydrogens is 218 g/mol. The number of aromatic amines is 1. The largest absolute Gasteiger partial charge is 0.489 e. The molecule has 0 aliphatic heterocycles. The maximum atomic E-state index is 11.4. The molecule has 17 heavy (non-hydrogen) atoms. The number of ether oxygens (including phenoxy) is 1. The number of nitrogens with one attached hydrogen (secondary N) is 2. The highest BCUT2D eigenvalue weighted by Gasteiger charge is 2.07. The molecule has 1 aromatic carbocycles. The van der Waals surface area contributed by atoms with Crippen LogP contribution in [0, 0.1) is 0 Å². The van der Waals surface area contributed by atoms with E-state index in [0.717, 1.165) is 5.56 Å². The lowest BCUT2D eigenvalue weighted by Crippen LogP contribution is -2.13. The van der Waals surface area contributed by atoms with Crippen LogP contribution in [-0.2, 0) is 6.54 Å². The van der Waals surface area contributed by atoms with E-state index in [1.54, 1.807) is 0 Å². The number of benzene rings is 1. The molecule has 0 unspecified atom stereocenters. The number of aromatic nitrogens is 2. The fourth-order valence-electron chi connectivity index (χ4n) is 1.48. The van der Waals surface area contributed by atoms with Crippen molar-refractivity contribution in [1.29, 1.82) is 0 Å². The van der Waals surface area contributed by atoms with Crippen LogP contribution in [0.25, 0.3) is 0 Å². The molecule has 2 rings (SSSR count). The fourth-order valence-corrected chi connectivity index (χ4v) is 1.48. The van der Waals surface area contributed by atoms with Gasteiger partial charge in [-0.2, -0.15) is 0 Å².